The SMILES string of the molecule is CCCCCCC(CO)C1CCCCN1. The van der Waals surface area contributed by atoms with Gasteiger partial charge in [-0.3, -0.25) is 0 Å². The number of aliphatic hydroxyl groups is 1. The van der Waals surface area contributed by atoms with E-state index in [1.165, 1.54) is 51.4 Å². The summed E-state index contributed by atoms with van der Waals surface area (Å²) in [6.07, 6.45) is 10.4. The molecule has 0 saturated carbocycles. The number of aliphatic hydroxyl groups excluding tert-OH is 1. The number of nitrogens with one attached hydrogen (secondary N) is 1. The van der Waals surface area contributed by atoms with Gasteiger partial charge in [-0.1, -0.05) is 39.0 Å². The minimum atomic E-state index is 0.365. The highest BCUT2D eigenvalue weighted by molar-refractivity contribution is 4.79. The van der Waals surface area contributed by atoms with Gasteiger partial charge in [0.15, 0.2) is 0 Å². The molecule has 2 N–H and O–H groups in total. The van der Waals surface area contributed by atoms with Crippen molar-refractivity contribution in [3.05, 3.63) is 0 Å². The Morgan fingerprint density at radius 3 is 2.73 bits per heavy atom. The van der Waals surface area contributed by atoms with Crippen LogP contribution < -0.4 is 5.32 Å². The van der Waals surface area contributed by atoms with Crippen molar-refractivity contribution in [2.45, 2.75) is 64.3 Å². The van der Waals surface area contributed by atoms with Gasteiger partial charge in [0, 0.05) is 12.6 Å². The van der Waals surface area contributed by atoms with Crippen molar-refractivity contribution >= 4 is 0 Å². The maximum Gasteiger partial charge on any atom is 0.0474 e. The van der Waals surface area contributed by atoms with E-state index in [-0.39, 0.29) is 0 Å². The van der Waals surface area contributed by atoms with E-state index in [0.717, 1.165) is 6.54 Å². The lowest BCUT2D eigenvalue weighted by Gasteiger charge is -2.30. The summed E-state index contributed by atoms with van der Waals surface area (Å²) >= 11 is 0. The van der Waals surface area contributed by atoms with Crippen LogP contribution in [-0.4, -0.2) is 24.3 Å². The van der Waals surface area contributed by atoms with Crippen LogP contribution in [0.1, 0.15) is 58.3 Å². The summed E-state index contributed by atoms with van der Waals surface area (Å²) < 4.78 is 0. The molecule has 1 saturated heterocycles. The van der Waals surface area contributed by atoms with Crippen molar-refractivity contribution < 1.29 is 5.11 Å². The van der Waals surface area contributed by atoms with Crippen molar-refractivity contribution in [3.63, 3.8) is 0 Å². The summed E-state index contributed by atoms with van der Waals surface area (Å²) in [5.74, 6) is 0.502. The molecule has 0 spiro atoms. The molecule has 0 aromatic heterocycles. The normalized spacial score (nSPS) is 24.0. The monoisotopic (exact) mass is 213 g/mol. The third kappa shape index (κ3) is 4.98. The highest BCUT2D eigenvalue weighted by atomic mass is 16.3. The highest BCUT2D eigenvalue weighted by Gasteiger charge is 2.21. The molecule has 1 heterocycles. The van der Waals surface area contributed by atoms with Crippen LogP contribution in [-0.2, 0) is 0 Å². The second-order valence-electron chi connectivity index (χ2n) is 4.85. The zero-order chi connectivity index (χ0) is 10.9. The van der Waals surface area contributed by atoms with E-state index in [2.05, 4.69) is 12.2 Å². The molecule has 0 aromatic rings. The zero-order valence-electron chi connectivity index (χ0n) is 10.2. The minimum absolute atomic E-state index is 0.365. The van der Waals surface area contributed by atoms with Gasteiger partial charge in [-0.25, -0.2) is 0 Å². The predicted molar refractivity (Wildman–Crippen MR) is 65.0 cm³/mol. The molecule has 90 valence electrons. The zero-order valence-corrected chi connectivity index (χ0v) is 10.2. The van der Waals surface area contributed by atoms with Crippen molar-refractivity contribution in [3.8, 4) is 0 Å². The standard InChI is InChI=1S/C13H27NO/c1-2-3-4-5-8-12(11-15)13-9-6-7-10-14-13/h12-15H,2-11H2,1H3. The summed E-state index contributed by atoms with van der Waals surface area (Å²) in [7, 11) is 0. The Bertz CT molecular complexity index is 143. The highest BCUT2D eigenvalue weighted by Crippen LogP contribution is 2.20. The van der Waals surface area contributed by atoms with Crippen LogP contribution >= 0.6 is 0 Å². The molecular weight excluding hydrogens is 186 g/mol. The molecule has 0 radical (unpaired) electrons. The van der Waals surface area contributed by atoms with Crippen LogP contribution in [0.3, 0.4) is 0 Å². The lowest BCUT2D eigenvalue weighted by molar-refractivity contribution is 0.163. The van der Waals surface area contributed by atoms with E-state index in [1.54, 1.807) is 0 Å². The Hall–Kier alpha value is -0.0800. The van der Waals surface area contributed by atoms with Crippen LogP contribution in [0, 0.1) is 5.92 Å². The van der Waals surface area contributed by atoms with Gasteiger partial charge in [0.05, 0.1) is 0 Å². The second kappa shape index (κ2) is 8.12. The average Bonchev–Trinajstić information content (AvgIpc) is 2.30. The largest absolute Gasteiger partial charge is 0.396 e. The molecule has 1 aliphatic rings. The molecule has 15 heavy (non-hydrogen) atoms. The average molecular weight is 213 g/mol. The molecule has 1 rings (SSSR count). The summed E-state index contributed by atoms with van der Waals surface area (Å²) in [5, 5.41) is 12.9. The van der Waals surface area contributed by atoms with Gasteiger partial charge in [-0.15, -0.1) is 0 Å². The van der Waals surface area contributed by atoms with Gasteiger partial charge >= 0.3 is 0 Å². The fourth-order valence-electron chi connectivity index (χ4n) is 2.53. The predicted octanol–water partition coefficient (Wildman–Crippen LogP) is 2.71. The first kappa shape index (κ1) is 13.0. The van der Waals surface area contributed by atoms with Crippen LogP contribution in [0.2, 0.25) is 0 Å². The summed E-state index contributed by atoms with van der Waals surface area (Å²) in [5.41, 5.74) is 0. The van der Waals surface area contributed by atoms with Gasteiger partial charge in [-0.2, -0.15) is 0 Å². The molecule has 2 atom stereocenters. The van der Waals surface area contributed by atoms with Gasteiger partial charge in [-0.05, 0) is 31.7 Å². The first-order valence-corrected chi connectivity index (χ1v) is 6.72. The minimum Gasteiger partial charge on any atom is -0.396 e. The molecule has 0 bridgehead atoms. The molecule has 2 nitrogen and oxygen atoms in total. The van der Waals surface area contributed by atoms with Gasteiger partial charge < -0.3 is 10.4 Å². The first-order valence-electron chi connectivity index (χ1n) is 6.72. The van der Waals surface area contributed by atoms with E-state index in [4.69, 9.17) is 0 Å². The lowest BCUT2D eigenvalue weighted by atomic mass is 9.88. The van der Waals surface area contributed by atoms with E-state index in [9.17, 15) is 5.11 Å². The van der Waals surface area contributed by atoms with Crippen molar-refractivity contribution in [1.29, 1.82) is 0 Å². The number of piperidine rings is 1. The molecule has 0 aromatic carbocycles. The van der Waals surface area contributed by atoms with Crippen LogP contribution in [0.25, 0.3) is 0 Å². The third-order valence-corrected chi connectivity index (χ3v) is 3.58. The summed E-state index contributed by atoms with van der Waals surface area (Å²) in [4.78, 5) is 0. The Morgan fingerprint density at radius 1 is 1.27 bits per heavy atom. The number of hydrogen-bond acceptors (Lipinski definition) is 2. The number of hydrogen-bond donors (Lipinski definition) is 2. The van der Waals surface area contributed by atoms with Crippen LogP contribution in [0.5, 0.6) is 0 Å². The fraction of sp³-hybridized carbons (Fsp3) is 1.00. The molecule has 2 unspecified atom stereocenters. The summed E-state index contributed by atoms with van der Waals surface area (Å²) in [6.45, 7) is 3.76. The van der Waals surface area contributed by atoms with Crippen molar-refractivity contribution in [2.75, 3.05) is 13.2 Å². The number of rotatable bonds is 7. The Labute approximate surface area is 94.5 Å². The first-order chi connectivity index (χ1) is 7.38. The Morgan fingerprint density at radius 2 is 2.13 bits per heavy atom. The molecule has 1 aliphatic heterocycles. The van der Waals surface area contributed by atoms with Crippen molar-refractivity contribution in [2.24, 2.45) is 5.92 Å². The maximum absolute atomic E-state index is 9.39. The van der Waals surface area contributed by atoms with Gasteiger partial charge in [0.25, 0.3) is 0 Å². The molecular formula is C13H27NO. The molecule has 0 amide bonds. The van der Waals surface area contributed by atoms with Gasteiger partial charge in [0.1, 0.15) is 0 Å². The van der Waals surface area contributed by atoms with Crippen molar-refractivity contribution in [1.82, 2.24) is 5.32 Å². The van der Waals surface area contributed by atoms with Gasteiger partial charge in [0.2, 0.25) is 0 Å². The fourth-order valence-corrected chi connectivity index (χ4v) is 2.53. The topological polar surface area (TPSA) is 32.3 Å². The molecule has 2 heteroatoms. The van der Waals surface area contributed by atoms with Crippen LogP contribution in [0.15, 0.2) is 0 Å². The molecule has 1 fully saturated rings. The van der Waals surface area contributed by atoms with Crippen LogP contribution in [0.4, 0.5) is 0 Å². The third-order valence-electron chi connectivity index (χ3n) is 3.58. The summed E-state index contributed by atoms with van der Waals surface area (Å²) in [6, 6.07) is 0.588. The van der Waals surface area contributed by atoms with E-state index in [0.29, 0.717) is 18.6 Å². The smallest absolute Gasteiger partial charge is 0.0474 e. The second-order valence-corrected chi connectivity index (χ2v) is 4.85. The Balaban J connectivity index is 2.15. The van der Waals surface area contributed by atoms with E-state index in [1.807, 2.05) is 0 Å². The van der Waals surface area contributed by atoms with E-state index < -0.39 is 0 Å². The van der Waals surface area contributed by atoms with E-state index >= 15 is 0 Å². The number of unbranched alkanes of at least 4 members (excludes halogenated alkanes) is 3. The Kier molecular flexibility index (Phi) is 7.03. The quantitative estimate of drug-likeness (QED) is 0.637. The maximum atomic E-state index is 9.39. The molecule has 0 aliphatic carbocycles. The lowest BCUT2D eigenvalue weighted by Crippen LogP contribution is -2.41.